The molecule has 5 rings (SSSR count). The van der Waals surface area contributed by atoms with Gasteiger partial charge < -0.3 is 15.6 Å². The molecule has 2 amide bonds. The second-order valence-electron chi connectivity index (χ2n) is 13.4. The highest BCUT2D eigenvalue weighted by Crippen LogP contribution is 2.23. The lowest BCUT2D eigenvalue weighted by Gasteiger charge is -2.24. The molecule has 1 heterocycles. The molecule has 5 aromatic rings. The van der Waals surface area contributed by atoms with Crippen molar-refractivity contribution in [1.29, 1.82) is 0 Å². The van der Waals surface area contributed by atoms with Crippen LogP contribution < -0.4 is 10.6 Å². The summed E-state index contributed by atoms with van der Waals surface area (Å²) >= 11 is 0. The van der Waals surface area contributed by atoms with Gasteiger partial charge in [0.2, 0.25) is 23.4 Å². The van der Waals surface area contributed by atoms with E-state index in [1.165, 1.54) is 18.3 Å². The number of benzene rings is 4. The van der Waals surface area contributed by atoms with Gasteiger partial charge in [-0.3, -0.25) is 24.0 Å². The highest BCUT2D eigenvalue weighted by Gasteiger charge is 2.32. The molecule has 0 fully saturated rings. The van der Waals surface area contributed by atoms with Crippen molar-refractivity contribution in [3.8, 4) is 0 Å². The number of fused-ring (bicyclic) bond motifs is 2. The van der Waals surface area contributed by atoms with Crippen LogP contribution in [0.3, 0.4) is 0 Å². The van der Waals surface area contributed by atoms with Gasteiger partial charge in [-0.15, -0.1) is 0 Å². The number of rotatable bonds is 14. The number of ketones is 3. The van der Waals surface area contributed by atoms with Crippen LogP contribution in [0.4, 0.5) is 4.39 Å². The number of para-hydroxylation sites is 1. The lowest BCUT2D eigenvalue weighted by atomic mass is 9.91. The first kappa shape index (κ1) is 34.9. The third-order valence-corrected chi connectivity index (χ3v) is 8.41. The second-order valence-corrected chi connectivity index (χ2v) is 13.4. The Hall–Kier alpha value is -5.44. The Morgan fingerprint density at radius 2 is 1.47 bits per heavy atom. The minimum Gasteiger partial charge on any atom is -0.360 e. The molecule has 8 nitrogen and oxygen atoms in total. The van der Waals surface area contributed by atoms with Gasteiger partial charge in [0.15, 0.2) is 5.78 Å². The maximum absolute atomic E-state index is 13.9. The lowest BCUT2D eigenvalue weighted by Crippen LogP contribution is -2.47. The molecular weight excluding hydrogens is 621 g/mol. The Bertz CT molecular complexity index is 2000. The molecule has 4 aromatic carbocycles. The SMILES string of the molecule is CC(C)(C)NC(=O)C[C@H](CC(=O)C(=O)c1c[nH]c2ccccc12)C(=O)N[C@@H](Cc1ccc(F)cc1)C(=O)CCc1cccc2ccccc12. The predicted molar refractivity (Wildman–Crippen MR) is 188 cm³/mol. The molecule has 1 aromatic heterocycles. The van der Waals surface area contributed by atoms with E-state index < -0.39 is 53.1 Å². The molecular formula is C40H40FN3O5. The average Bonchev–Trinajstić information content (AvgIpc) is 3.50. The van der Waals surface area contributed by atoms with Crippen LogP contribution in [-0.4, -0.2) is 45.7 Å². The number of H-pyrrole nitrogens is 1. The molecule has 252 valence electrons. The number of aromatic nitrogens is 1. The summed E-state index contributed by atoms with van der Waals surface area (Å²) in [5.74, 6) is -4.70. The number of carbonyl (C=O) groups is 5. The van der Waals surface area contributed by atoms with Gasteiger partial charge >= 0.3 is 0 Å². The van der Waals surface area contributed by atoms with Crippen LogP contribution in [0.5, 0.6) is 0 Å². The van der Waals surface area contributed by atoms with Crippen LogP contribution in [0.15, 0.2) is 97.2 Å². The first-order valence-electron chi connectivity index (χ1n) is 16.4. The maximum atomic E-state index is 13.9. The van der Waals surface area contributed by atoms with Gasteiger partial charge in [-0.05, 0) is 73.7 Å². The molecule has 0 aliphatic heterocycles. The van der Waals surface area contributed by atoms with E-state index in [9.17, 15) is 28.4 Å². The van der Waals surface area contributed by atoms with E-state index in [2.05, 4.69) is 15.6 Å². The van der Waals surface area contributed by atoms with Crippen molar-refractivity contribution >= 4 is 50.8 Å². The van der Waals surface area contributed by atoms with Gasteiger partial charge in [-0.2, -0.15) is 0 Å². The second kappa shape index (κ2) is 15.2. The standard InChI is InChI=1S/C40H40FN3O5/c1-40(2,3)44-37(47)23-28(22-36(46)38(48)32-24-42-33-14-7-6-13-31(32)33)39(49)43-34(21-25-15-18-29(41)19-16-25)35(45)20-17-27-11-8-10-26-9-4-5-12-30(26)27/h4-16,18-19,24,28,34,42H,17,20-23H2,1-3H3,(H,43,49)(H,44,47)/t28-,34-/m0/s1. The zero-order valence-electron chi connectivity index (χ0n) is 27.8. The highest BCUT2D eigenvalue weighted by molar-refractivity contribution is 6.46. The number of hydrogen-bond acceptors (Lipinski definition) is 5. The molecule has 0 spiro atoms. The van der Waals surface area contributed by atoms with Gasteiger partial charge in [0.25, 0.3) is 0 Å². The number of hydrogen-bond donors (Lipinski definition) is 3. The molecule has 0 radical (unpaired) electrons. The fourth-order valence-electron chi connectivity index (χ4n) is 6.01. The van der Waals surface area contributed by atoms with E-state index in [0.29, 0.717) is 22.9 Å². The Balaban J connectivity index is 1.38. The summed E-state index contributed by atoms with van der Waals surface area (Å²) in [4.78, 5) is 70.5. The number of amides is 2. The topological polar surface area (TPSA) is 125 Å². The normalized spacial score (nSPS) is 12.7. The predicted octanol–water partition coefficient (Wildman–Crippen LogP) is 6.45. The largest absolute Gasteiger partial charge is 0.360 e. The lowest BCUT2D eigenvalue weighted by molar-refractivity contribution is -0.134. The first-order valence-corrected chi connectivity index (χ1v) is 16.4. The van der Waals surface area contributed by atoms with Crippen LogP contribution in [0, 0.1) is 11.7 Å². The first-order chi connectivity index (χ1) is 23.4. The summed E-state index contributed by atoms with van der Waals surface area (Å²) in [7, 11) is 0. The van der Waals surface area contributed by atoms with E-state index in [0.717, 1.165) is 16.3 Å². The molecule has 0 aliphatic carbocycles. The molecule has 0 saturated carbocycles. The van der Waals surface area contributed by atoms with Crippen LogP contribution in [0.2, 0.25) is 0 Å². The number of aryl methyl sites for hydroxylation is 1. The Labute approximate surface area is 284 Å². The summed E-state index contributed by atoms with van der Waals surface area (Å²) in [6.07, 6.45) is 1.15. The number of aromatic amines is 1. The van der Waals surface area contributed by atoms with Crippen molar-refractivity contribution in [2.24, 2.45) is 5.92 Å². The van der Waals surface area contributed by atoms with Crippen molar-refractivity contribution in [3.63, 3.8) is 0 Å². The Kier molecular flexibility index (Phi) is 10.8. The summed E-state index contributed by atoms with van der Waals surface area (Å²) < 4.78 is 13.7. The zero-order chi connectivity index (χ0) is 35.1. The van der Waals surface area contributed by atoms with Gasteiger partial charge in [0.05, 0.1) is 17.5 Å². The zero-order valence-corrected chi connectivity index (χ0v) is 27.8. The van der Waals surface area contributed by atoms with E-state index in [4.69, 9.17) is 0 Å². The van der Waals surface area contributed by atoms with Crippen molar-refractivity contribution in [2.75, 3.05) is 0 Å². The fourth-order valence-corrected chi connectivity index (χ4v) is 6.01. The Morgan fingerprint density at radius 3 is 2.20 bits per heavy atom. The van der Waals surface area contributed by atoms with Crippen molar-refractivity contribution in [3.05, 3.63) is 120 Å². The Morgan fingerprint density at radius 1 is 0.796 bits per heavy atom. The molecule has 3 N–H and O–H groups in total. The van der Waals surface area contributed by atoms with Crippen LogP contribution >= 0.6 is 0 Å². The van der Waals surface area contributed by atoms with E-state index in [-0.39, 0.29) is 30.6 Å². The number of nitrogens with one attached hydrogen (secondary N) is 3. The fraction of sp³-hybridized carbons (Fsp3) is 0.275. The van der Waals surface area contributed by atoms with Gasteiger partial charge in [-0.25, -0.2) is 4.39 Å². The quantitative estimate of drug-likeness (QED) is 0.0932. The van der Waals surface area contributed by atoms with E-state index in [1.54, 1.807) is 57.2 Å². The summed E-state index contributed by atoms with van der Waals surface area (Å²) in [5.41, 5.74) is 1.86. The monoisotopic (exact) mass is 661 g/mol. The third kappa shape index (κ3) is 9.13. The minimum absolute atomic E-state index is 0.0729. The van der Waals surface area contributed by atoms with Gasteiger partial charge in [0.1, 0.15) is 5.82 Å². The summed E-state index contributed by atoms with van der Waals surface area (Å²) in [6, 6.07) is 25.4. The van der Waals surface area contributed by atoms with Crippen LogP contribution in [-0.2, 0) is 32.0 Å². The summed E-state index contributed by atoms with van der Waals surface area (Å²) in [5, 5.41) is 8.26. The molecule has 49 heavy (non-hydrogen) atoms. The maximum Gasteiger partial charge on any atom is 0.230 e. The number of carbonyl (C=O) groups excluding carboxylic acids is 5. The molecule has 2 atom stereocenters. The molecule has 0 aliphatic rings. The van der Waals surface area contributed by atoms with E-state index >= 15 is 0 Å². The van der Waals surface area contributed by atoms with Crippen molar-refractivity contribution in [2.45, 2.75) is 64.5 Å². The molecule has 9 heteroatoms. The number of halogens is 1. The highest BCUT2D eigenvalue weighted by atomic mass is 19.1. The average molecular weight is 662 g/mol. The van der Waals surface area contributed by atoms with Gasteiger partial charge in [-0.1, -0.05) is 72.8 Å². The minimum atomic E-state index is -1.23. The molecule has 0 bridgehead atoms. The van der Waals surface area contributed by atoms with E-state index in [1.807, 2.05) is 42.5 Å². The van der Waals surface area contributed by atoms with Gasteiger partial charge in [0, 0.05) is 41.9 Å². The molecule has 0 saturated heterocycles. The van der Waals surface area contributed by atoms with Crippen LogP contribution in [0.25, 0.3) is 21.7 Å². The number of Topliss-reactive ketones (excluding diaryl/α,β-unsaturated/α-hetero) is 3. The van der Waals surface area contributed by atoms with Crippen LogP contribution in [0.1, 0.15) is 61.5 Å². The van der Waals surface area contributed by atoms with Crippen molar-refractivity contribution in [1.82, 2.24) is 15.6 Å². The third-order valence-electron chi connectivity index (χ3n) is 8.41. The van der Waals surface area contributed by atoms with Crippen molar-refractivity contribution < 1.29 is 28.4 Å². The molecule has 0 unspecified atom stereocenters. The summed E-state index contributed by atoms with van der Waals surface area (Å²) in [6.45, 7) is 5.37. The smallest absolute Gasteiger partial charge is 0.230 e.